The number of benzene rings is 1. The first kappa shape index (κ1) is 18.1. The molecule has 1 aromatic carbocycles. The molecule has 2 fully saturated rings. The molecule has 0 spiro atoms. The van der Waals surface area contributed by atoms with Crippen molar-refractivity contribution in [1.82, 2.24) is 10.2 Å². The second-order valence-corrected chi connectivity index (χ2v) is 7.93. The van der Waals surface area contributed by atoms with Gasteiger partial charge in [-0.2, -0.15) is 5.26 Å². The maximum Gasteiger partial charge on any atom is 0.319 e. The standard InChI is InChI=1S/C22H27N3O2/c23-13-19-21(17-11-9-16(10-12-17)15-5-1-2-6-15)20(14-26)25(19)22(27)24-18-7-3-4-8-18/h5,9-12,18-21,26H,1-4,6-8,14H2,(H,24,27)/t19-,20+,21+/m0/s1. The Morgan fingerprint density at radius 3 is 2.56 bits per heavy atom. The lowest BCUT2D eigenvalue weighted by atomic mass is 9.75. The van der Waals surface area contributed by atoms with Crippen LogP contribution in [0.3, 0.4) is 0 Å². The molecule has 1 saturated heterocycles. The first-order valence-electron chi connectivity index (χ1n) is 10.1. The van der Waals surface area contributed by atoms with E-state index in [2.05, 4.69) is 41.7 Å². The van der Waals surface area contributed by atoms with E-state index < -0.39 is 6.04 Å². The maximum absolute atomic E-state index is 12.7. The number of allylic oxidation sites excluding steroid dienone is 2. The number of rotatable bonds is 4. The van der Waals surface area contributed by atoms with Gasteiger partial charge in [0.05, 0.1) is 18.7 Å². The van der Waals surface area contributed by atoms with Gasteiger partial charge in [-0.05, 0) is 48.8 Å². The predicted molar refractivity (Wildman–Crippen MR) is 104 cm³/mol. The summed E-state index contributed by atoms with van der Waals surface area (Å²) < 4.78 is 0. The molecule has 1 aliphatic heterocycles. The molecular formula is C22H27N3O2. The SMILES string of the molecule is N#C[C@H]1[C@@H](c2ccc(C3=CCCC3)cc2)[C@@H](CO)N1C(=O)NC1CCCC1. The van der Waals surface area contributed by atoms with Gasteiger partial charge in [0.25, 0.3) is 0 Å². The maximum atomic E-state index is 12.7. The first-order chi connectivity index (χ1) is 13.2. The van der Waals surface area contributed by atoms with Crippen molar-refractivity contribution in [3.63, 3.8) is 0 Å². The number of nitriles is 1. The van der Waals surface area contributed by atoms with Crippen LogP contribution in [0.25, 0.3) is 5.57 Å². The Morgan fingerprint density at radius 1 is 1.22 bits per heavy atom. The van der Waals surface area contributed by atoms with Gasteiger partial charge < -0.3 is 15.3 Å². The van der Waals surface area contributed by atoms with Crippen LogP contribution in [0.4, 0.5) is 4.79 Å². The summed E-state index contributed by atoms with van der Waals surface area (Å²) >= 11 is 0. The Morgan fingerprint density at radius 2 is 1.96 bits per heavy atom. The van der Waals surface area contributed by atoms with Crippen molar-refractivity contribution in [2.45, 2.75) is 69.0 Å². The van der Waals surface area contributed by atoms with Gasteiger partial charge in [-0.15, -0.1) is 0 Å². The molecule has 0 radical (unpaired) electrons. The minimum absolute atomic E-state index is 0.131. The Bertz CT molecular complexity index is 759. The highest BCUT2D eigenvalue weighted by Crippen LogP contribution is 2.41. The molecule has 1 aromatic rings. The molecule has 1 heterocycles. The third-order valence-corrected chi connectivity index (χ3v) is 6.36. The van der Waals surface area contributed by atoms with Crippen molar-refractivity contribution < 1.29 is 9.90 Å². The molecule has 1 saturated carbocycles. The average molecular weight is 365 g/mol. The van der Waals surface area contributed by atoms with Crippen LogP contribution >= 0.6 is 0 Å². The Kier molecular flexibility index (Phi) is 5.18. The van der Waals surface area contributed by atoms with E-state index in [4.69, 9.17) is 0 Å². The number of urea groups is 1. The summed E-state index contributed by atoms with van der Waals surface area (Å²) in [6.45, 7) is -0.131. The number of nitrogens with zero attached hydrogens (tertiary/aromatic N) is 2. The molecule has 2 amide bonds. The monoisotopic (exact) mass is 365 g/mol. The number of nitrogens with one attached hydrogen (secondary N) is 1. The largest absolute Gasteiger partial charge is 0.394 e. The molecule has 5 nitrogen and oxygen atoms in total. The predicted octanol–water partition coefficient (Wildman–Crippen LogP) is 3.56. The van der Waals surface area contributed by atoms with E-state index in [1.54, 1.807) is 0 Å². The number of hydrogen-bond donors (Lipinski definition) is 2. The fourth-order valence-electron chi connectivity index (χ4n) is 4.86. The smallest absolute Gasteiger partial charge is 0.319 e. The van der Waals surface area contributed by atoms with E-state index in [9.17, 15) is 15.2 Å². The molecule has 3 aliphatic rings. The summed E-state index contributed by atoms with van der Waals surface area (Å²) in [6, 6.07) is 9.73. The second-order valence-electron chi connectivity index (χ2n) is 7.93. The second kappa shape index (κ2) is 7.74. The van der Waals surface area contributed by atoms with E-state index in [0.717, 1.165) is 44.1 Å². The number of carbonyl (C=O) groups excluding carboxylic acids is 1. The summed E-state index contributed by atoms with van der Waals surface area (Å²) in [5.74, 6) is -0.138. The lowest BCUT2D eigenvalue weighted by Crippen LogP contribution is -2.67. The third kappa shape index (κ3) is 3.35. The molecule has 142 valence electrons. The molecule has 2 N–H and O–H groups in total. The fraction of sp³-hybridized carbons (Fsp3) is 0.545. The average Bonchev–Trinajstić information content (AvgIpc) is 3.36. The minimum Gasteiger partial charge on any atom is -0.394 e. The van der Waals surface area contributed by atoms with Gasteiger partial charge >= 0.3 is 6.03 Å². The van der Waals surface area contributed by atoms with Crippen molar-refractivity contribution in [1.29, 1.82) is 5.26 Å². The van der Waals surface area contributed by atoms with E-state index in [1.165, 1.54) is 22.5 Å². The highest BCUT2D eigenvalue weighted by molar-refractivity contribution is 5.78. The van der Waals surface area contributed by atoms with Gasteiger partial charge in [-0.3, -0.25) is 0 Å². The molecular weight excluding hydrogens is 338 g/mol. The Hall–Kier alpha value is -2.32. The highest BCUT2D eigenvalue weighted by Gasteiger charge is 2.52. The summed E-state index contributed by atoms with van der Waals surface area (Å²) in [6.07, 6.45) is 10.1. The first-order valence-corrected chi connectivity index (χ1v) is 10.1. The molecule has 0 bridgehead atoms. The van der Waals surface area contributed by atoms with E-state index in [0.29, 0.717) is 0 Å². The molecule has 0 unspecified atom stereocenters. The molecule has 0 aromatic heterocycles. The normalized spacial score (nSPS) is 27.8. The van der Waals surface area contributed by atoms with Gasteiger partial charge in [0.15, 0.2) is 0 Å². The number of amides is 2. The quantitative estimate of drug-likeness (QED) is 0.856. The fourth-order valence-corrected chi connectivity index (χ4v) is 4.86. The van der Waals surface area contributed by atoms with Gasteiger partial charge in [0.1, 0.15) is 6.04 Å². The number of hydrogen-bond acceptors (Lipinski definition) is 3. The van der Waals surface area contributed by atoms with Gasteiger partial charge in [0, 0.05) is 12.0 Å². The molecule has 2 aliphatic carbocycles. The summed E-state index contributed by atoms with van der Waals surface area (Å²) in [4.78, 5) is 14.2. The van der Waals surface area contributed by atoms with Crippen molar-refractivity contribution in [2.24, 2.45) is 0 Å². The molecule has 4 rings (SSSR count). The van der Waals surface area contributed by atoms with Crippen LogP contribution in [-0.2, 0) is 0 Å². The van der Waals surface area contributed by atoms with Gasteiger partial charge in [-0.25, -0.2) is 4.79 Å². The van der Waals surface area contributed by atoms with Crippen LogP contribution in [0.5, 0.6) is 0 Å². The Labute approximate surface area is 160 Å². The van der Waals surface area contributed by atoms with Crippen molar-refractivity contribution in [2.75, 3.05) is 6.61 Å². The summed E-state index contributed by atoms with van der Waals surface area (Å²) in [5, 5.41) is 22.6. The number of aliphatic hydroxyl groups excluding tert-OH is 1. The topological polar surface area (TPSA) is 76.4 Å². The van der Waals surface area contributed by atoms with E-state index in [-0.39, 0.29) is 30.6 Å². The minimum atomic E-state index is -0.528. The number of carbonyl (C=O) groups is 1. The third-order valence-electron chi connectivity index (χ3n) is 6.36. The van der Waals surface area contributed by atoms with Crippen LogP contribution in [0, 0.1) is 11.3 Å². The van der Waals surface area contributed by atoms with Crippen molar-refractivity contribution in [3.05, 3.63) is 41.5 Å². The van der Waals surface area contributed by atoms with Crippen LogP contribution < -0.4 is 5.32 Å². The molecule has 5 heteroatoms. The summed E-state index contributed by atoms with van der Waals surface area (Å²) in [7, 11) is 0. The van der Waals surface area contributed by atoms with Crippen molar-refractivity contribution in [3.8, 4) is 6.07 Å². The van der Waals surface area contributed by atoms with Gasteiger partial charge in [0.2, 0.25) is 0 Å². The van der Waals surface area contributed by atoms with Gasteiger partial charge in [-0.1, -0.05) is 43.2 Å². The molecule has 27 heavy (non-hydrogen) atoms. The number of aliphatic hydroxyl groups is 1. The highest BCUT2D eigenvalue weighted by atomic mass is 16.3. The summed E-state index contributed by atoms with van der Waals surface area (Å²) in [5.41, 5.74) is 3.65. The van der Waals surface area contributed by atoms with Crippen LogP contribution in [0.2, 0.25) is 0 Å². The Balaban J connectivity index is 1.49. The lowest BCUT2D eigenvalue weighted by molar-refractivity contribution is 0.0158. The number of likely N-dealkylation sites (tertiary alicyclic amines) is 1. The van der Waals surface area contributed by atoms with Crippen LogP contribution in [-0.4, -0.2) is 40.8 Å². The molecule has 3 atom stereocenters. The van der Waals surface area contributed by atoms with E-state index >= 15 is 0 Å². The van der Waals surface area contributed by atoms with E-state index in [1.807, 2.05) is 0 Å². The zero-order chi connectivity index (χ0) is 18.8. The lowest BCUT2D eigenvalue weighted by Gasteiger charge is -2.51. The zero-order valence-electron chi connectivity index (χ0n) is 15.6. The van der Waals surface area contributed by atoms with Crippen molar-refractivity contribution >= 4 is 11.6 Å². The van der Waals surface area contributed by atoms with Crippen LogP contribution in [0.1, 0.15) is 62.0 Å². The zero-order valence-corrected chi connectivity index (χ0v) is 15.6. The van der Waals surface area contributed by atoms with Crippen LogP contribution in [0.15, 0.2) is 30.3 Å².